The van der Waals surface area contributed by atoms with Gasteiger partial charge < -0.3 is 20.1 Å². The molecule has 2 aliphatic heterocycles. The summed E-state index contributed by atoms with van der Waals surface area (Å²) in [6, 6.07) is 7.74. The van der Waals surface area contributed by atoms with E-state index in [9.17, 15) is 9.59 Å². The number of likely N-dealkylation sites (tertiary alicyclic amines) is 1. The van der Waals surface area contributed by atoms with Crippen molar-refractivity contribution in [2.75, 3.05) is 58.3 Å². The lowest BCUT2D eigenvalue weighted by atomic mass is 10.0. The number of fused-ring (bicyclic) bond motifs is 1. The van der Waals surface area contributed by atoms with Crippen LogP contribution in [-0.2, 0) is 4.79 Å². The molecule has 1 aromatic heterocycles. The quantitative estimate of drug-likeness (QED) is 0.667. The Morgan fingerprint density at radius 3 is 2.59 bits per heavy atom. The van der Waals surface area contributed by atoms with Crippen molar-refractivity contribution in [3.63, 3.8) is 0 Å². The van der Waals surface area contributed by atoms with Gasteiger partial charge in [0.25, 0.3) is 5.91 Å². The molecule has 174 valence electrons. The standard InChI is InChI=1S/C24H35N5O2S/c1-27-10-6-20(7-11-27)28-12-14-29(15-13-28)24(31)21(8-16-32-2)26-23(30)19-4-3-18-5-9-25-22(18)17-19/h3-5,9,17,20-21,25H,6-8,10-16H2,1-2H3,(H,26,30)/t21-/m1/s1. The Hall–Kier alpha value is -2.03. The zero-order valence-electron chi connectivity index (χ0n) is 19.2. The Morgan fingerprint density at radius 1 is 1.12 bits per heavy atom. The fraction of sp³-hybridized carbons (Fsp3) is 0.583. The Balaban J connectivity index is 1.35. The second-order valence-electron chi connectivity index (χ2n) is 8.98. The van der Waals surface area contributed by atoms with Crippen molar-refractivity contribution in [2.24, 2.45) is 0 Å². The van der Waals surface area contributed by atoms with Crippen molar-refractivity contribution < 1.29 is 9.59 Å². The van der Waals surface area contributed by atoms with E-state index < -0.39 is 6.04 Å². The van der Waals surface area contributed by atoms with E-state index in [1.165, 1.54) is 12.8 Å². The number of nitrogens with one attached hydrogen (secondary N) is 2. The van der Waals surface area contributed by atoms with Gasteiger partial charge in [-0.25, -0.2) is 0 Å². The highest BCUT2D eigenvalue weighted by Gasteiger charge is 2.31. The summed E-state index contributed by atoms with van der Waals surface area (Å²) in [4.78, 5) is 36.3. The van der Waals surface area contributed by atoms with Gasteiger partial charge in [-0.1, -0.05) is 6.07 Å². The summed E-state index contributed by atoms with van der Waals surface area (Å²) in [5.41, 5.74) is 1.50. The molecule has 2 amide bonds. The van der Waals surface area contributed by atoms with E-state index in [1.54, 1.807) is 11.8 Å². The monoisotopic (exact) mass is 457 g/mol. The number of rotatable bonds is 7. The maximum atomic E-state index is 13.3. The van der Waals surface area contributed by atoms with E-state index in [0.29, 0.717) is 18.0 Å². The number of hydrogen-bond donors (Lipinski definition) is 2. The first-order valence-electron chi connectivity index (χ1n) is 11.6. The summed E-state index contributed by atoms with van der Waals surface area (Å²) < 4.78 is 0. The number of aromatic nitrogens is 1. The van der Waals surface area contributed by atoms with E-state index in [4.69, 9.17) is 0 Å². The van der Waals surface area contributed by atoms with Gasteiger partial charge in [0, 0.05) is 49.5 Å². The first kappa shape index (κ1) is 23.1. The fourth-order valence-electron chi connectivity index (χ4n) is 4.81. The van der Waals surface area contributed by atoms with Crippen LogP contribution < -0.4 is 5.32 Å². The lowest BCUT2D eigenvalue weighted by Crippen LogP contribution is -2.57. The predicted octanol–water partition coefficient (Wildman–Crippen LogP) is 2.26. The van der Waals surface area contributed by atoms with Crippen molar-refractivity contribution in [3.8, 4) is 0 Å². The van der Waals surface area contributed by atoms with Gasteiger partial charge in [-0.2, -0.15) is 11.8 Å². The van der Waals surface area contributed by atoms with Crippen molar-refractivity contribution in [1.29, 1.82) is 0 Å². The van der Waals surface area contributed by atoms with Gasteiger partial charge in [-0.3, -0.25) is 14.5 Å². The van der Waals surface area contributed by atoms with Crippen LogP contribution >= 0.6 is 11.8 Å². The fourth-order valence-corrected chi connectivity index (χ4v) is 5.28. The van der Waals surface area contributed by atoms with Crippen LogP contribution in [0.1, 0.15) is 29.6 Å². The molecule has 0 unspecified atom stereocenters. The number of piperidine rings is 1. The molecule has 2 aliphatic rings. The van der Waals surface area contributed by atoms with Crippen LogP contribution in [0.25, 0.3) is 10.9 Å². The third-order valence-electron chi connectivity index (χ3n) is 6.86. The van der Waals surface area contributed by atoms with Crippen LogP contribution in [0.5, 0.6) is 0 Å². The number of nitrogens with zero attached hydrogens (tertiary/aromatic N) is 3. The molecular weight excluding hydrogens is 422 g/mol. The summed E-state index contributed by atoms with van der Waals surface area (Å²) in [7, 11) is 2.19. The number of H-pyrrole nitrogens is 1. The minimum Gasteiger partial charge on any atom is -0.361 e. The van der Waals surface area contributed by atoms with Gasteiger partial charge in [0.1, 0.15) is 6.04 Å². The van der Waals surface area contributed by atoms with Crippen LogP contribution in [0.4, 0.5) is 0 Å². The van der Waals surface area contributed by atoms with Gasteiger partial charge in [0.15, 0.2) is 0 Å². The summed E-state index contributed by atoms with van der Waals surface area (Å²) in [5.74, 6) is 0.698. The lowest BCUT2D eigenvalue weighted by molar-refractivity contribution is -0.135. The van der Waals surface area contributed by atoms with Gasteiger partial charge in [0.05, 0.1) is 0 Å². The molecule has 0 aliphatic carbocycles. The van der Waals surface area contributed by atoms with E-state index in [2.05, 4.69) is 27.1 Å². The van der Waals surface area contributed by atoms with E-state index in [0.717, 1.165) is 55.9 Å². The van der Waals surface area contributed by atoms with Gasteiger partial charge in [-0.05, 0) is 75.0 Å². The zero-order valence-corrected chi connectivity index (χ0v) is 20.0. The summed E-state index contributed by atoms with van der Waals surface area (Å²) >= 11 is 1.70. The molecule has 0 spiro atoms. The smallest absolute Gasteiger partial charge is 0.252 e. The van der Waals surface area contributed by atoms with Crippen molar-refractivity contribution in [2.45, 2.75) is 31.3 Å². The molecule has 1 aromatic carbocycles. The number of carbonyl (C=O) groups excluding carboxylic acids is 2. The Labute approximate surface area is 194 Å². The molecule has 32 heavy (non-hydrogen) atoms. The van der Waals surface area contributed by atoms with Gasteiger partial charge >= 0.3 is 0 Å². The Kier molecular flexibility index (Phi) is 7.75. The van der Waals surface area contributed by atoms with Crippen molar-refractivity contribution >= 4 is 34.5 Å². The Bertz CT molecular complexity index is 916. The van der Waals surface area contributed by atoms with Crippen LogP contribution in [0.3, 0.4) is 0 Å². The average Bonchev–Trinajstić information content (AvgIpc) is 3.30. The second kappa shape index (κ2) is 10.7. The van der Waals surface area contributed by atoms with Crippen LogP contribution in [0, 0.1) is 0 Å². The third-order valence-corrected chi connectivity index (χ3v) is 7.51. The maximum Gasteiger partial charge on any atom is 0.252 e. The minimum atomic E-state index is -0.482. The van der Waals surface area contributed by atoms with Gasteiger partial charge in [-0.15, -0.1) is 0 Å². The molecule has 0 radical (unpaired) electrons. The third kappa shape index (κ3) is 5.47. The molecule has 7 nitrogen and oxygen atoms in total. The van der Waals surface area contributed by atoms with Crippen molar-refractivity contribution in [1.82, 2.24) is 25.0 Å². The summed E-state index contributed by atoms with van der Waals surface area (Å²) in [6.07, 6.45) is 6.96. The first-order chi connectivity index (χ1) is 15.5. The number of hydrogen-bond acceptors (Lipinski definition) is 5. The van der Waals surface area contributed by atoms with Crippen LogP contribution in [0.2, 0.25) is 0 Å². The number of piperazine rings is 1. The number of benzene rings is 1. The molecule has 8 heteroatoms. The van der Waals surface area contributed by atoms with Crippen LogP contribution in [-0.4, -0.2) is 102 Å². The Morgan fingerprint density at radius 2 is 1.88 bits per heavy atom. The molecule has 4 rings (SSSR count). The predicted molar refractivity (Wildman–Crippen MR) is 131 cm³/mol. The highest BCUT2D eigenvalue weighted by molar-refractivity contribution is 7.98. The highest BCUT2D eigenvalue weighted by atomic mass is 32.2. The first-order valence-corrected chi connectivity index (χ1v) is 13.0. The zero-order chi connectivity index (χ0) is 22.5. The molecular formula is C24H35N5O2S. The second-order valence-corrected chi connectivity index (χ2v) is 9.97. The molecule has 0 bridgehead atoms. The number of carbonyl (C=O) groups is 2. The summed E-state index contributed by atoms with van der Waals surface area (Å²) in [6.45, 7) is 5.64. The van der Waals surface area contributed by atoms with E-state index in [1.807, 2.05) is 41.6 Å². The molecule has 2 aromatic rings. The summed E-state index contributed by atoms with van der Waals surface area (Å²) in [5, 5.41) is 4.09. The van der Waals surface area contributed by atoms with Gasteiger partial charge in [0.2, 0.25) is 5.91 Å². The number of amides is 2. The minimum absolute atomic E-state index is 0.0522. The lowest BCUT2D eigenvalue weighted by Gasteiger charge is -2.42. The topological polar surface area (TPSA) is 71.7 Å². The maximum absolute atomic E-state index is 13.3. The molecule has 1 atom stereocenters. The molecule has 0 saturated carbocycles. The van der Waals surface area contributed by atoms with Crippen LogP contribution in [0.15, 0.2) is 30.5 Å². The molecule has 2 N–H and O–H groups in total. The normalized spacial score (nSPS) is 19.9. The van der Waals surface area contributed by atoms with Crippen molar-refractivity contribution in [3.05, 3.63) is 36.0 Å². The highest BCUT2D eigenvalue weighted by Crippen LogP contribution is 2.19. The largest absolute Gasteiger partial charge is 0.361 e. The van der Waals surface area contributed by atoms with E-state index in [-0.39, 0.29) is 11.8 Å². The SMILES string of the molecule is CSCC[C@@H](NC(=O)c1ccc2cc[nH]c2c1)C(=O)N1CCN(C2CCN(C)CC2)CC1. The number of aromatic amines is 1. The van der Waals surface area contributed by atoms with E-state index >= 15 is 0 Å². The molecule has 2 saturated heterocycles. The molecule has 3 heterocycles. The average molecular weight is 458 g/mol. The number of thioether (sulfide) groups is 1. The molecule has 2 fully saturated rings.